The highest BCUT2D eigenvalue weighted by atomic mass is 14.9. The van der Waals surface area contributed by atoms with Gasteiger partial charge in [0.2, 0.25) is 0 Å². The van der Waals surface area contributed by atoms with Gasteiger partial charge in [-0.15, -0.1) is 0 Å². The zero-order valence-corrected chi connectivity index (χ0v) is 6.46. The second-order valence-corrected chi connectivity index (χ2v) is 2.19. The predicted molar refractivity (Wildman–Crippen MR) is 45.6 cm³/mol. The summed E-state index contributed by atoms with van der Waals surface area (Å²) in [5.41, 5.74) is 0.612. The zero-order chi connectivity index (χ0) is 8.10. The van der Waals surface area contributed by atoms with Gasteiger partial charge in [-0.3, -0.25) is 0 Å². The first-order valence-corrected chi connectivity index (χ1v) is 3.58. The molecule has 3 nitrogen and oxygen atoms in total. The van der Waals surface area contributed by atoms with Gasteiger partial charge in [0.05, 0.1) is 0 Å². The van der Waals surface area contributed by atoms with Gasteiger partial charge < -0.3 is 10.4 Å². The number of H-pyrrole nitrogens is 1. The van der Waals surface area contributed by atoms with E-state index in [1.54, 1.807) is 24.5 Å². The summed E-state index contributed by atoms with van der Waals surface area (Å²) in [5, 5.41) is 7.31. The molecule has 0 aliphatic rings. The molecule has 1 aromatic heterocycles. The maximum absolute atomic E-state index is 7.31. The molecule has 0 saturated carbocycles. The molecule has 0 aliphatic carbocycles. The Kier molecular flexibility index (Phi) is 2.60. The number of aromatic amines is 1. The van der Waals surface area contributed by atoms with Gasteiger partial charge in [0.1, 0.15) is 5.82 Å². The summed E-state index contributed by atoms with van der Waals surface area (Å²) in [6, 6.07) is 0. The van der Waals surface area contributed by atoms with E-state index >= 15 is 0 Å². The Hall–Kier alpha value is -1.38. The summed E-state index contributed by atoms with van der Waals surface area (Å²) in [6.45, 7) is 1.95. The van der Waals surface area contributed by atoms with E-state index in [2.05, 4.69) is 9.97 Å². The molecule has 0 fully saturated rings. The van der Waals surface area contributed by atoms with Crippen molar-refractivity contribution in [2.24, 2.45) is 0 Å². The smallest absolute Gasteiger partial charge is 0.129 e. The normalized spacial score (nSPS) is 10.6. The molecule has 0 aromatic carbocycles. The quantitative estimate of drug-likeness (QED) is 0.633. The van der Waals surface area contributed by atoms with Crippen LogP contribution in [0.25, 0.3) is 6.08 Å². The molecule has 3 heteroatoms. The van der Waals surface area contributed by atoms with Crippen LogP contribution in [0, 0.1) is 5.41 Å². The SMILES string of the molecule is CCC(=N)/C=C\c1ncc[nH]1. The van der Waals surface area contributed by atoms with E-state index < -0.39 is 0 Å². The van der Waals surface area contributed by atoms with Crippen molar-refractivity contribution in [1.29, 1.82) is 5.41 Å². The summed E-state index contributed by atoms with van der Waals surface area (Å²) in [4.78, 5) is 6.91. The lowest BCUT2D eigenvalue weighted by Crippen LogP contribution is -1.85. The first-order chi connectivity index (χ1) is 5.33. The van der Waals surface area contributed by atoms with Crippen molar-refractivity contribution in [2.75, 3.05) is 0 Å². The maximum Gasteiger partial charge on any atom is 0.129 e. The van der Waals surface area contributed by atoms with Crippen LogP contribution in [0.5, 0.6) is 0 Å². The van der Waals surface area contributed by atoms with Crippen molar-refractivity contribution in [1.82, 2.24) is 9.97 Å². The molecule has 0 radical (unpaired) electrons. The van der Waals surface area contributed by atoms with E-state index in [4.69, 9.17) is 5.41 Å². The van der Waals surface area contributed by atoms with Gasteiger partial charge in [-0.25, -0.2) is 4.98 Å². The Bertz CT molecular complexity index is 246. The van der Waals surface area contributed by atoms with E-state index in [9.17, 15) is 0 Å². The standard InChI is InChI=1S/C8H11N3/c1-2-7(9)3-4-8-10-5-6-11-8/h3-6,9H,2H2,1H3,(H,10,11)/b4-3-,9-7?. The molecule has 0 saturated heterocycles. The van der Waals surface area contributed by atoms with Gasteiger partial charge in [-0.1, -0.05) is 6.92 Å². The fourth-order valence-corrected chi connectivity index (χ4v) is 0.666. The molecule has 2 N–H and O–H groups in total. The summed E-state index contributed by atoms with van der Waals surface area (Å²) in [6.07, 6.45) is 7.76. The minimum atomic E-state index is 0.612. The van der Waals surface area contributed by atoms with Gasteiger partial charge in [0, 0.05) is 18.1 Å². The van der Waals surface area contributed by atoms with E-state index in [0.29, 0.717) is 5.71 Å². The van der Waals surface area contributed by atoms with Crippen LogP contribution in [-0.2, 0) is 0 Å². The molecule has 0 aliphatic heterocycles. The third kappa shape index (κ3) is 2.37. The van der Waals surface area contributed by atoms with Crippen molar-refractivity contribution in [2.45, 2.75) is 13.3 Å². The number of rotatable bonds is 3. The lowest BCUT2D eigenvalue weighted by Gasteiger charge is -1.87. The highest BCUT2D eigenvalue weighted by molar-refractivity contribution is 5.95. The monoisotopic (exact) mass is 149 g/mol. The highest BCUT2D eigenvalue weighted by Crippen LogP contribution is 1.93. The number of nitrogens with zero attached hydrogens (tertiary/aromatic N) is 1. The lowest BCUT2D eigenvalue weighted by atomic mass is 10.3. The highest BCUT2D eigenvalue weighted by Gasteiger charge is 1.87. The Balaban J connectivity index is 2.55. The van der Waals surface area contributed by atoms with Gasteiger partial charge in [0.25, 0.3) is 0 Å². The fraction of sp³-hybridized carbons (Fsp3) is 0.250. The molecule has 0 unspecified atom stereocenters. The summed E-state index contributed by atoms with van der Waals surface area (Å²) >= 11 is 0. The van der Waals surface area contributed by atoms with Crippen molar-refractivity contribution >= 4 is 11.8 Å². The molecule has 1 heterocycles. The topological polar surface area (TPSA) is 52.5 Å². The molecule has 0 bridgehead atoms. The van der Waals surface area contributed by atoms with Crippen LogP contribution in [0.2, 0.25) is 0 Å². The van der Waals surface area contributed by atoms with Crippen molar-refractivity contribution in [3.05, 3.63) is 24.3 Å². The largest absolute Gasteiger partial charge is 0.345 e. The fourth-order valence-electron chi connectivity index (χ4n) is 0.666. The number of imidazole rings is 1. The van der Waals surface area contributed by atoms with Crippen LogP contribution >= 0.6 is 0 Å². The Labute approximate surface area is 65.7 Å². The van der Waals surface area contributed by atoms with E-state index in [1.165, 1.54) is 0 Å². The van der Waals surface area contributed by atoms with E-state index in [-0.39, 0.29) is 0 Å². The van der Waals surface area contributed by atoms with Crippen molar-refractivity contribution < 1.29 is 0 Å². The van der Waals surface area contributed by atoms with Crippen LogP contribution in [-0.4, -0.2) is 15.7 Å². The third-order valence-electron chi connectivity index (χ3n) is 1.34. The molecule has 0 amide bonds. The van der Waals surface area contributed by atoms with Gasteiger partial charge in [0.15, 0.2) is 0 Å². The Morgan fingerprint density at radius 3 is 3.18 bits per heavy atom. The number of nitrogens with one attached hydrogen (secondary N) is 2. The predicted octanol–water partition coefficient (Wildman–Crippen LogP) is 1.85. The van der Waals surface area contributed by atoms with Gasteiger partial charge >= 0.3 is 0 Å². The molecule has 1 aromatic rings. The minimum Gasteiger partial charge on any atom is -0.345 e. The van der Waals surface area contributed by atoms with Crippen molar-refractivity contribution in [3.63, 3.8) is 0 Å². The Morgan fingerprint density at radius 1 is 1.82 bits per heavy atom. The molecule has 0 spiro atoms. The van der Waals surface area contributed by atoms with Crippen molar-refractivity contribution in [3.8, 4) is 0 Å². The summed E-state index contributed by atoms with van der Waals surface area (Å²) in [5.74, 6) is 0.795. The van der Waals surface area contributed by atoms with E-state index in [1.807, 2.05) is 6.92 Å². The maximum atomic E-state index is 7.31. The van der Waals surface area contributed by atoms with E-state index in [0.717, 1.165) is 12.2 Å². The zero-order valence-electron chi connectivity index (χ0n) is 6.46. The van der Waals surface area contributed by atoms with Crippen LogP contribution in [0.4, 0.5) is 0 Å². The third-order valence-corrected chi connectivity index (χ3v) is 1.34. The summed E-state index contributed by atoms with van der Waals surface area (Å²) in [7, 11) is 0. The summed E-state index contributed by atoms with van der Waals surface area (Å²) < 4.78 is 0. The van der Waals surface area contributed by atoms with Gasteiger partial charge in [-0.05, 0) is 18.6 Å². The molecule has 0 atom stereocenters. The van der Waals surface area contributed by atoms with Crippen LogP contribution in [0.15, 0.2) is 18.5 Å². The van der Waals surface area contributed by atoms with Crippen LogP contribution in [0.1, 0.15) is 19.2 Å². The molecule has 58 valence electrons. The Morgan fingerprint density at radius 2 is 2.64 bits per heavy atom. The number of aromatic nitrogens is 2. The number of allylic oxidation sites excluding steroid dienone is 1. The number of hydrogen-bond acceptors (Lipinski definition) is 2. The molecule has 11 heavy (non-hydrogen) atoms. The van der Waals surface area contributed by atoms with Crippen LogP contribution in [0.3, 0.4) is 0 Å². The average Bonchev–Trinajstić information content (AvgIpc) is 2.52. The molecular formula is C8H11N3. The first-order valence-electron chi connectivity index (χ1n) is 3.58. The lowest BCUT2D eigenvalue weighted by molar-refractivity contribution is 1.25. The molecule has 1 rings (SSSR count). The first kappa shape index (κ1) is 7.72. The average molecular weight is 149 g/mol. The number of hydrogen-bond donors (Lipinski definition) is 2. The van der Waals surface area contributed by atoms with Gasteiger partial charge in [-0.2, -0.15) is 0 Å². The molecular weight excluding hydrogens is 138 g/mol. The second kappa shape index (κ2) is 3.71. The minimum absolute atomic E-state index is 0.612. The van der Waals surface area contributed by atoms with Crippen LogP contribution < -0.4 is 0 Å². The second-order valence-electron chi connectivity index (χ2n) is 2.19.